The zero-order valence-electron chi connectivity index (χ0n) is 14.2. The smallest absolute Gasteiger partial charge is 0.0366 e. The molecule has 1 aromatic rings. The van der Waals surface area contributed by atoms with Crippen LogP contribution in [0, 0.1) is 11.8 Å². The van der Waals surface area contributed by atoms with Gasteiger partial charge in [-0.15, -0.1) is 0 Å². The third-order valence-corrected chi connectivity index (χ3v) is 4.94. The van der Waals surface area contributed by atoms with Crippen LogP contribution >= 0.6 is 0 Å². The minimum Gasteiger partial charge on any atom is -0.372 e. The molecule has 1 aromatic carbocycles. The van der Waals surface area contributed by atoms with E-state index in [1.54, 1.807) is 0 Å². The van der Waals surface area contributed by atoms with Crippen molar-refractivity contribution >= 4 is 5.69 Å². The van der Waals surface area contributed by atoms with Gasteiger partial charge in [0.15, 0.2) is 0 Å². The molecule has 0 bridgehead atoms. The van der Waals surface area contributed by atoms with E-state index in [2.05, 4.69) is 62.2 Å². The van der Waals surface area contributed by atoms with Crippen LogP contribution in [0.15, 0.2) is 24.3 Å². The molecule has 1 N–H and O–H groups in total. The summed E-state index contributed by atoms with van der Waals surface area (Å²) in [6.07, 6.45) is 3.87. The van der Waals surface area contributed by atoms with Crippen LogP contribution in [0.25, 0.3) is 0 Å². The van der Waals surface area contributed by atoms with Gasteiger partial charge in [-0.1, -0.05) is 32.9 Å². The highest BCUT2D eigenvalue weighted by atomic mass is 15.1. The lowest BCUT2D eigenvalue weighted by molar-refractivity contribution is 0.311. The number of nitrogens with zero attached hydrogens (tertiary/aromatic N) is 1. The lowest BCUT2D eigenvalue weighted by Gasteiger charge is -2.35. The van der Waals surface area contributed by atoms with E-state index in [4.69, 9.17) is 0 Å². The number of piperidine rings is 1. The Hall–Kier alpha value is -1.02. The molecule has 0 saturated carbocycles. The largest absolute Gasteiger partial charge is 0.372 e. The molecule has 1 atom stereocenters. The van der Waals surface area contributed by atoms with Crippen molar-refractivity contribution < 1.29 is 0 Å². The first-order valence-electron chi connectivity index (χ1n) is 8.70. The number of nitrogens with one attached hydrogen (secondary N) is 1. The predicted octanol–water partition coefficient (Wildman–Crippen LogP) is 4.62. The highest BCUT2D eigenvalue weighted by molar-refractivity contribution is 5.48. The molecule has 2 rings (SSSR count). The Morgan fingerprint density at radius 2 is 1.71 bits per heavy atom. The van der Waals surface area contributed by atoms with Gasteiger partial charge in [-0.3, -0.25) is 0 Å². The standard InChI is InChI=1S/C19H32N2/c1-5-12-20-16(4)18-6-8-19(9-7-18)21-13-10-17(11-14-21)15(2)3/h6-9,15-17,20H,5,10-14H2,1-4H3. The van der Waals surface area contributed by atoms with Gasteiger partial charge in [0.1, 0.15) is 0 Å². The summed E-state index contributed by atoms with van der Waals surface area (Å²) in [5, 5.41) is 3.55. The highest BCUT2D eigenvalue weighted by Gasteiger charge is 2.21. The van der Waals surface area contributed by atoms with Gasteiger partial charge in [0.2, 0.25) is 0 Å². The molecule has 0 amide bonds. The fourth-order valence-corrected chi connectivity index (χ4v) is 3.28. The molecule has 2 nitrogen and oxygen atoms in total. The molecule has 2 heteroatoms. The van der Waals surface area contributed by atoms with Crippen molar-refractivity contribution in [2.45, 2.75) is 53.0 Å². The molecule has 0 spiro atoms. The highest BCUT2D eigenvalue weighted by Crippen LogP contribution is 2.28. The van der Waals surface area contributed by atoms with Crippen molar-refractivity contribution in [2.24, 2.45) is 11.8 Å². The van der Waals surface area contributed by atoms with Crippen LogP contribution in [0.5, 0.6) is 0 Å². The van der Waals surface area contributed by atoms with Crippen molar-refractivity contribution in [3.8, 4) is 0 Å². The summed E-state index contributed by atoms with van der Waals surface area (Å²) in [6.45, 7) is 12.7. The Bertz CT molecular complexity index is 402. The molecule has 1 heterocycles. The van der Waals surface area contributed by atoms with Gasteiger partial charge in [0.25, 0.3) is 0 Å². The SMILES string of the molecule is CCCNC(C)c1ccc(N2CCC(C(C)C)CC2)cc1. The Balaban J connectivity index is 1.91. The van der Waals surface area contributed by atoms with Crippen molar-refractivity contribution in [3.63, 3.8) is 0 Å². The van der Waals surface area contributed by atoms with Crippen molar-refractivity contribution in [3.05, 3.63) is 29.8 Å². The Morgan fingerprint density at radius 1 is 1.10 bits per heavy atom. The molecule has 1 aliphatic heterocycles. The van der Waals surface area contributed by atoms with Gasteiger partial charge in [0, 0.05) is 24.8 Å². The lowest BCUT2D eigenvalue weighted by Crippen LogP contribution is -2.35. The first-order chi connectivity index (χ1) is 10.1. The van der Waals surface area contributed by atoms with E-state index in [1.165, 1.54) is 43.6 Å². The average molecular weight is 288 g/mol. The third kappa shape index (κ3) is 4.47. The first kappa shape index (κ1) is 16.4. The number of anilines is 1. The summed E-state index contributed by atoms with van der Waals surface area (Å²) in [6, 6.07) is 9.63. The van der Waals surface area contributed by atoms with Crippen LogP contribution in [-0.2, 0) is 0 Å². The van der Waals surface area contributed by atoms with Gasteiger partial charge >= 0.3 is 0 Å². The molecule has 0 aliphatic carbocycles. The maximum Gasteiger partial charge on any atom is 0.0366 e. The predicted molar refractivity (Wildman–Crippen MR) is 92.9 cm³/mol. The van der Waals surface area contributed by atoms with E-state index in [0.29, 0.717) is 6.04 Å². The van der Waals surface area contributed by atoms with Gasteiger partial charge in [-0.2, -0.15) is 0 Å². The van der Waals surface area contributed by atoms with Crippen LogP contribution < -0.4 is 10.2 Å². The molecule has 1 unspecified atom stereocenters. The second-order valence-corrected chi connectivity index (χ2v) is 6.84. The number of hydrogen-bond acceptors (Lipinski definition) is 2. The van der Waals surface area contributed by atoms with Crippen LogP contribution in [0.3, 0.4) is 0 Å². The number of hydrogen-bond donors (Lipinski definition) is 1. The second kappa shape index (κ2) is 7.84. The number of benzene rings is 1. The van der Waals surface area contributed by atoms with E-state index >= 15 is 0 Å². The van der Waals surface area contributed by atoms with E-state index < -0.39 is 0 Å². The van der Waals surface area contributed by atoms with Gasteiger partial charge in [-0.05, 0) is 62.3 Å². The maximum absolute atomic E-state index is 3.55. The summed E-state index contributed by atoms with van der Waals surface area (Å²) >= 11 is 0. The fraction of sp³-hybridized carbons (Fsp3) is 0.684. The number of rotatable bonds is 6. The molecular weight excluding hydrogens is 256 g/mol. The average Bonchev–Trinajstić information content (AvgIpc) is 2.53. The second-order valence-electron chi connectivity index (χ2n) is 6.84. The van der Waals surface area contributed by atoms with Crippen molar-refractivity contribution in [2.75, 3.05) is 24.5 Å². The Labute approximate surface area is 130 Å². The van der Waals surface area contributed by atoms with Crippen molar-refractivity contribution in [1.82, 2.24) is 5.32 Å². The zero-order chi connectivity index (χ0) is 15.2. The van der Waals surface area contributed by atoms with E-state index in [9.17, 15) is 0 Å². The van der Waals surface area contributed by atoms with Crippen LogP contribution in [-0.4, -0.2) is 19.6 Å². The van der Waals surface area contributed by atoms with E-state index in [0.717, 1.165) is 18.4 Å². The van der Waals surface area contributed by atoms with Gasteiger partial charge in [-0.25, -0.2) is 0 Å². The zero-order valence-corrected chi connectivity index (χ0v) is 14.2. The molecular formula is C19H32N2. The molecule has 1 fully saturated rings. The minimum atomic E-state index is 0.450. The van der Waals surface area contributed by atoms with Crippen LogP contribution in [0.2, 0.25) is 0 Å². The quantitative estimate of drug-likeness (QED) is 0.821. The normalized spacial score (nSPS) is 18.2. The molecule has 118 valence electrons. The molecule has 1 aliphatic rings. The summed E-state index contributed by atoms with van der Waals surface area (Å²) in [5.41, 5.74) is 2.79. The topological polar surface area (TPSA) is 15.3 Å². The summed E-state index contributed by atoms with van der Waals surface area (Å²) in [7, 11) is 0. The van der Waals surface area contributed by atoms with E-state index in [1.807, 2.05) is 0 Å². The summed E-state index contributed by atoms with van der Waals surface area (Å²) < 4.78 is 0. The van der Waals surface area contributed by atoms with Gasteiger partial charge < -0.3 is 10.2 Å². The monoisotopic (exact) mass is 288 g/mol. The molecule has 21 heavy (non-hydrogen) atoms. The lowest BCUT2D eigenvalue weighted by atomic mass is 9.86. The fourth-order valence-electron chi connectivity index (χ4n) is 3.28. The molecule has 0 aromatic heterocycles. The molecule has 1 saturated heterocycles. The Kier molecular flexibility index (Phi) is 6.10. The molecule has 0 radical (unpaired) electrons. The van der Waals surface area contributed by atoms with Crippen LogP contribution in [0.1, 0.15) is 58.6 Å². The Morgan fingerprint density at radius 3 is 2.24 bits per heavy atom. The minimum absolute atomic E-state index is 0.450. The maximum atomic E-state index is 3.55. The third-order valence-electron chi connectivity index (χ3n) is 4.94. The van der Waals surface area contributed by atoms with Crippen LogP contribution in [0.4, 0.5) is 5.69 Å². The summed E-state index contributed by atoms with van der Waals surface area (Å²) in [5.74, 6) is 1.75. The first-order valence-corrected chi connectivity index (χ1v) is 8.70. The van der Waals surface area contributed by atoms with E-state index in [-0.39, 0.29) is 0 Å². The van der Waals surface area contributed by atoms with Crippen molar-refractivity contribution in [1.29, 1.82) is 0 Å². The van der Waals surface area contributed by atoms with Gasteiger partial charge in [0.05, 0.1) is 0 Å². The summed E-state index contributed by atoms with van der Waals surface area (Å²) in [4.78, 5) is 2.55.